The first-order valence-electron chi connectivity index (χ1n) is 9.27. The molecule has 2 aromatic heterocycles. The average molecular weight is 382 g/mol. The Labute approximate surface area is 162 Å². The van der Waals surface area contributed by atoms with Crippen molar-refractivity contribution in [1.82, 2.24) is 15.1 Å². The number of rotatable bonds is 9. The zero-order valence-corrected chi connectivity index (χ0v) is 15.6. The van der Waals surface area contributed by atoms with Crippen LogP contribution in [-0.2, 0) is 0 Å². The third-order valence-electron chi connectivity index (χ3n) is 4.32. The van der Waals surface area contributed by atoms with E-state index in [0.29, 0.717) is 29.4 Å². The van der Waals surface area contributed by atoms with Crippen molar-refractivity contribution in [2.24, 2.45) is 0 Å². The van der Waals surface area contributed by atoms with Crippen molar-refractivity contribution in [3.63, 3.8) is 0 Å². The number of nitro benzene ring substituents is 1. The van der Waals surface area contributed by atoms with Gasteiger partial charge >= 0.3 is 0 Å². The van der Waals surface area contributed by atoms with E-state index in [9.17, 15) is 14.9 Å². The van der Waals surface area contributed by atoms with Crippen molar-refractivity contribution in [3.8, 4) is 17.1 Å². The van der Waals surface area contributed by atoms with Crippen LogP contribution in [0.25, 0.3) is 17.1 Å². The second kappa shape index (κ2) is 8.98. The van der Waals surface area contributed by atoms with E-state index in [4.69, 9.17) is 4.42 Å². The molecule has 0 aliphatic rings. The molecule has 0 fully saturated rings. The fourth-order valence-electron chi connectivity index (χ4n) is 2.87. The largest absolute Gasteiger partial charge is 0.463 e. The van der Waals surface area contributed by atoms with Gasteiger partial charge in [0, 0.05) is 24.7 Å². The molecule has 3 rings (SSSR count). The van der Waals surface area contributed by atoms with Crippen LogP contribution in [0.4, 0.5) is 5.69 Å². The lowest BCUT2D eigenvalue weighted by atomic mass is 10.2. The van der Waals surface area contributed by atoms with Crippen LogP contribution in [-0.4, -0.2) is 27.2 Å². The average Bonchev–Trinajstić information content (AvgIpc) is 3.37. The highest BCUT2D eigenvalue weighted by Gasteiger charge is 2.19. The molecule has 0 aliphatic carbocycles. The number of nitro groups is 1. The zero-order valence-electron chi connectivity index (χ0n) is 15.6. The molecule has 1 aromatic carbocycles. The number of carbonyl (C=O) groups excluding carboxylic acids is 1. The monoisotopic (exact) mass is 382 g/mol. The number of unbranched alkanes of at least 4 members (excludes halogenated alkanes) is 3. The quantitative estimate of drug-likeness (QED) is 0.337. The van der Waals surface area contributed by atoms with Gasteiger partial charge in [-0.05, 0) is 24.6 Å². The van der Waals surface area contributed by atoms with Gasteiger partial charge in [-0.2, -0.15) is 5.10 Å². The highest BCUT2D eigenvalue weighted by Crippen LogP contribution is 2.24. The standard InChI is InChI=1S/C20H22N4O4/c1-2-3-4-5-11-21-20(25)18-14-17(19-10-7-12-28-19)22-23(18)15-8-6-9-16(13-15)24(26)27/h6-10,12-14H,2-5,11H2,1H3,(H,21,25). The van der Waals surface area contributed by atoms with E-state index >= 15 is 0 Å². The van der Waals surface area contributed by atoms with Crippen molar-refractivity contribution in [2.45, 2.75) is 32.6 Å². The SMILES string of the molecule is CCCCCCNC(=O)c1cc(-c2ccco2)nn1-c1cccc([N+](=O)[O-])c1. The molecule has 146 valence electrons. The highest BCUT2D eigenvalue weighted by molar-refractivity contribution is 5.94. The van der Waals surface area contributed by atoms with Gasteiger partial charge in [-0.3, -0.25) is 14.9 Å². The second-order valence-electron chi connectivity index (χ2n) is 6.40. The Morgan fingerprint density at radius 2 is 2.07 bits per heavy atom. The molecule has 2 heterocycles. The molecule has 0 spiro atoms. The number of carbonyl (C=O) groups is 1. The Hall–Kier alpha value is -3.42. The van der Waals surface area contributed by atoms with Crippen LogP contribution in [0.15, 0.2) is 53.1 Å². The normalized spacial score (nSPS) is 10.8. The minimum Gasteiger partial charge on any atom is -0.463 e. The molecule has 0 atom stereocenters. The maximum Gasteiger partial charge on any atom is 0.271 e. The van der Waals surface area contributed by atoms with Gasteiger partial charge in [0.05, 0.1) is 16.9 Å². The number of furan rings is 1. The van der Waals surface area contributed by atoms with Crippen molar-refractivity contribution in [1.29, 1.82) is 0 Å². The molecule has 0 saturated carbocycles. The first-order chi connectivity index (χ1) is 13.6. The Morgan fingerprint density at radius 1 is 1.21 bits per heavy atom. The van der Waals surface area contributed by atoms with Crippen molar-refractivity contribution in [3.05, 3.63) is 64.5 Å². The summed E-state index contributed by atoms with van der Waals surface area (Å²) in [7, 11) is 0. The fourth-order valence-corrected chi connectivity index (χ4v) is 2.87. The molecule has 0 bridgehead atoms. The molecule has 0 unspecified atom stereocenters. The van der Waals surface area contributed by atoms with E-state index in [1.165, 1.54) is 23.1 Å². The summed E-state index contributed by atoms with van der Waals surface area (Å²) in [4.78, 5) is 23.4. The van der Waals surface area contributed by atoms with E-state index in [0.717, 1.165) is 25.7 Å². The highest BCUT2D eigenvalue weighted by atomic mass is 16.6. The molecule has 8 nitrogen and oxygen atoms in total. The summed E-state index contributed by atoms with van der Waals surface area (Å²) >= 11 is 0. The van der Waals surface area contributed by atoms with Crippen molar-refractivity contribution < 1.29 is 14.1 Å². The predicted octanol–water partition coefficient (Wildman–Crippen LogP) is 4.35. The summed E-state index contributed by atoms with van der Waals surface area (Å²) in [6, 6.07) is 11.1. The van der Waals surface area contributed by atoms with Gasteiger partial charge in [0.25, 0.3) is 11.6 Å². The summed E-state index contributed by atoms with van der Waals surface area (Å²) < 4.78 is 6.78. The number of hydrogen-bond acceptors (Lipinski definition) is 5. The van der Waals surface area contributed by atoms with E-state index in [2.05, 4.69) is 17.3 Å². The molecule has 0 radical (unpaired) electrons. The fraction of sp³-hybridized carbons (Fsp3) is 0.300. The minimum absolute atomic E-state index is 0.0709. The number of aromatic nitrogens is 2. The van der Waals surface area contributed by atoms with E-state index in [1.807, 2.05) is 0 Å². The Balaban J connectivity index is 1.90. The first kappa shape index (κ1) is 19.3. The van der Waals surface area contributed by atoms with Crippen molar-refractivity contribution in [2.75, 3.05) is 6.54 Å². The lowest BCUT2D eigenvalue weighted by Gasteiger charge is -2.08. The van der Waals surface area contributed by atoms with Crippen LogP contribution in [0, 0.1) is 10.1 Å². The number of hydrogen-bond donors (Lipinski definition) is 1. The molecule has 1 N–H and O–H groups in total. The van der Waals surface area contributed by atoms with Crippen LogP contribution in [0.5, 0.6) is 0 Å². The van der Waals surface area contributed by atoms with Crippen molar-refractivity contribution >= 4 is 11.6 Å². The number of nitrogens with one attached hydrogen (secondary N) is 1. The van der Waals surface area contributed by atoms with Gasteiger partial charge in [0.2, 0.25) is 0 Å². The summed E-state index contributed by atoms with van der Waals surface area (Å²) in [5, 5.41) is 18.4. The van der Waals surface area contributed by atoms with Gasteiger partial charge in [0.15, 0.2) is 5.76 Å². The summed E-state index contributed by atoms with van der Waals surface area (Å²) in [5.41, 5.74) is 1.14. The van der Waals surface area contributed by atoms with Gasteiger partial charge in [-0.15, -0.1) is 0 Å². The molecule has 3 aromatic rings. The maximum atomic E-state index is 12.7. The Bertz CT molecular complexity index is 947. The lowest BCUT2D eigenvalue weighted by Crippen LogP contribution is -2.26. The third kappa shape index (κ3) is 4.46. The van der Waals surface area contributed by atoms with Gasteiger partial charge < -0.3 is 9.73 Å². The van der Waals surface area contributed by atoms with Crippen LogP contribution >= 0.6 is 0 Å². The maximum absolute atomic E-state index is 12.7. The second-order valence-corrected chi connectivity index (χ2v) is 6.40. The molecular weight excluding hydrogens is 360 g/mol. The molecule has 0 saturated heterocycles. The molecule has 8 heteroatoms. The van der Waals surface area contributed by atoms with Crippen LogP contribution < -0.4 is 5.32 Å². The van der Waals surface area contributed by atoms with Crippen LogP contribution in [0.1, 0.15) is 43.1 Å². The molecule has 1 amide bonds. The van der Waals surface area contributed by atoms with Gasteiger partial charge in [-0.25, -0.2) is 4.68 Å². The number of nitrogens with zero attached hydrogens (tertiary/aromatic N) is 3. The topological polar surface area (TPSA) is 103 Å². The van der Waals surface area contributed by atoms with Crippen LogP contribution in [0.3, 0.4) is 0 Å². The van der Waals surface area contributed by atoms with E-state index in [1.54, 1.807) is 30.3 Å². The number of non-ortho nitro benzene ring substituents is 1. The van der Waals surface area contributed by atoms with Gasteiger partial charge in [-0.1, -0.05) is 32.3 Å². The minimum atomic E-state index is -0.478. The molecular formula is C20H22N4O4. The van der Waals surface area contributed by atoms with E-state index < -0.39 is 4.92 Å². The van der Waals surface area contributed by atoms with E-state index in [-0.39, 0.29) is 11.6 Å². The zero-order chi connectivity index (χ0) is 19.9. The third-order valence-corrected chi connectivity index (χ3v) is 4.32. The van der Waals surface area contributed by atoms with Gasteiger partial charge in [0.1, 0.15) is 11.4 Å². The molecule has 0 aliphatic heterocycles. The first-order valence-corrected chi connectivity index (χ1v) is 9.27. The summed E-state index contributed by atoms with van der Waals surface area (Å²) in [5.74, 6) is 0.231. The van der Waals surface area contributed by atoms with Crippen LogP contribution in [0.2, 0.25) is 0 Å². The summed E-state index contributed by atoms with van der Waals surface area (Å²) in [6.07, 6.45) is 5.73. The lowest BCUT2D eigenvalue weighted by molar-refractivity contribution is -0.384. The number of benzene rings is 1. The molecule has 28 heavy (non-hydrogen) atoms. The predicted molar refractivity (Wildman–Crippen MR) is 104 cm³/mol. The Kier molecular flexibility index (Phi) is 6.21. The Morgan fingerprint density at radius 3 is 2.79 bits per heavy atom. The smallest absolute Gasteiger partial charge is 0.271 e. The number of amides is 1. The summed E-state index contributed by atoms with van der Waals surface area (Å²) in [6.45, 7) is 2.70.